The number of ether oxygens (including phenoxy) is 1. The van der Waals surface area contributed by atoms with Crippen LogP contribution in [-0.4, -0.2) is 65.0 Å². The lowest BCUT2D eigenvalue weighted by Crippen LogP contribution is -2.45. The molecule has 11 heteroatoms. The molecule has 6 rings (SSSR count). The fraction of sp³-hybridized carbons (Fsp3) is 0.480. The fourth-order valence-electron chi connectivity index (χ4n) is 4.98. The molecule has 6 bridgehead atoms. The van der Waals surface area contributed by atoms with Gasteiger partial charge in [-0.05, 0) is 62.9 Å². The van der Waals surface area contributed by atoms with Crippen molar-refractivity contribution in [2.24, 2.45) is 16.8 Å². The van der Waals surface area contributed by atoms with Gasteiger partial charge < -0.3 is 14.5 Å². The van der Waals surface area contributed by atoms with Gasteiger partial charge in [-0.15, -0.1) is 0 Å². The van der Waals surface area contributed by atoms with Crippen LogP contribution in [0, 0.1) is 5.92 Å². The number of hydrogen-bond donors (Lipinski definition) is 1. The van der Waals surface area contributed by atoms with Crippen molar-refractivity contribution in [2.45, 2.75) is 38.2 Å². The Bertz CT molecular complexity index is 1160. The predicted octanol–water partition coefficient (Wildman–Crippen LogP) is 3.46. The van der Waals surface area contributed by atoms with Crippen LogP contribution >= 0.6 is 11.6 Å². The van der Waals surface area contributed by atoms with Crippen LogP contribution in [0.5, 0.6) is 0 Å². The third-order valence-corrected chi connectivity index (χ3v) is 7.32. The number of aromatic nitrogens is 4. The smallest absolute Gasteiger partial charge is 0.225 e. The Labute approximate surface area is 216 Å². The van der Waals surface area contributed by atoms with Gasteiger partial charge in [-0.2, -0.15) is 4.98 Å². The van der Waals surface area contributed by atoms with Crippen molar-refractivity contribution >= 4 is 41.5 Å². The highest BCUT2D eigenvalue weighted by Gasteiger charge is 2.32. The second-order valence-electron chi connectivity index (χ2n) is 9.69. The van der Waals surface area contributed by atoms with Crippen molar-refractivity contribution in [3.8, 4) is 0 Å². The molecule has 1 atom stereocenters. The Hall–Kier alpha value is -3.08. The van der Waals surface area contributed by atoms with E-state index in [1.54, 1.807) is 18.6 Å². The van der Waals surface area contributed by atoms with E-state index in [0.717, 1.165) is 51.9 Å². The van der Waals surface area contributed by atoms with E-state index in [2.05, 4.69) is 55.5 Å². The third kappa shape index (κ3) is 5.35. The van der Waals surface area contributed by atoms with E-state index in [0.29, 0.717) is 41.4 Å². The molecule has 2 N–H and O–H groups in total. The van der Waals surface area contributed by atoms with E-state index in [4.69, 9.17) is 27.2 Å². The maximum absolute atomic E-state index is 6.51. The highest BCUT2D eigenvalue weighted by molar-refractivity contribution is 6.28. The summed E-state index contributed by atoms with van der Waals surface area (Å²) in [6.07, 6.45) is 13.4. The molecule has 2 fully saturated rings. The van der Waals surface area contributed by atoms with Gasteiger partial charge in [-0.1, -0.05) is 12.2 Å². The number of halogens is 1. The van der Waals surface area contributed by atoms with Crippen LogP contribution in [0.2, 0.25) is 5.28 Å². The van der Waals surface area contributed by atoms with Gasteiger partial charge in [-0.25, -0.2) is 20.8 Å². The number of nitrogens with two attached hydrogens (primary N) is 1. The molecular weight excluding hydrogens is 478 g/mol. The van der Waals surface area contributed by atoms with Gasteiger partial charge in [0.05, 0.1) is 24.1 Å². The number of anilines is 3. The summed E-state index contributed by atoms with van der Waals surface area (Å²) in [5, 5.41) is 1.62. The van der Waals surface area contributed by atoms with Gasteiger partial charge in [0.2, 0.25) is 11.2 Å². The van der Waals surface area contributed by atoms with Crippen LogP contribution < -0.4 is 20.7 Å². The third-order valence-electron chi connectivity index (χ3n) is 7.13. The first kappa shape index (κ1) is 24.6. The number of aliphatic imine (C=N–C) groups is 1. The number of nitrogens with zero attached hydrogens (tertiary/aromatic N) is 8. The fourth-order valence-corrected chi connectivity index (χ4v) is 5.10. The number of rotatable bonds is 1. The standard InChI is InChI=1S/C25H32ClN9O/c1-25-8-12-33(13-9-25)22-21(15-30-23(26)32-22)35(27)17-20(28-2)19-7-10-29-24(31-19)34-11-3-5-18(16-34)6-4-14-36-25/h4,6-7,10,15,17-18H,2-3,5,8-9,11-14,16,27H2,1H3/b6-4-,20-17-. The molecule has 2 aromatic heterocycles. The Balaban J connectivity index is 1.54. The van der Waals surface area contributed by atoms with E-state index < -0.39 is 0 Å². The van der Waals surface area contributed by atoms with Crippen molar-refractivity contribution in [1.82, 2.24) is 19.9 Å². The van der Waals surface area contributed by atoms with E-state index in [9.17, 15) is 0 Å². The quantitative estimate of drug-likeness (QED) is 0.267. The van der Waals surface area contributed by atoms with Crippen LogP contribution in [0.4, 0.5) is 17.5 Å². The van der Waals surface area contributed by atoms with Gasteiger partial charge in [0, 0.05) is 38.6 Å². The lowest BCUT2D eigenvalue weighted by Gasteiger charge is -2.40. The normalized spacial score (nSPS) is 27.2. The molecule has 0 saturated carbocycles. The van der Waals surface area contributed by atoms with Crippen molar-refractivity contribution in [3.05, 3.63) is 47.8 Å². The molecule has 0 spiro atoms. The van der Waals surface area contributed by atoms with Crippen LogP contribution in [0.3, 0.4) is 0 Å². The highest BCUT2D eigenvalue weighted by Crippen LogP contribution is 2.34. The van der Waals surface area contributed by atoms with Crippen molar-refractivity contribution in [2.75, 3.05) is 47.6 Å². The topological polar surface area (TPSA) is 109 Å². The molecule has 0 aliphatic carbocycles. The molecule has 0 amide bonds. The van der Waals surface area contributed by atoms with Gasteiger partial charge in [-0.3, -0.25) is 10.0 Å². The lowest BCUT2D eigenvalue weighted by atomic mass is 9.93. The lowest BCUT2D eigenvalue weighted by molar-refractivity contribution is -0.0337. The van der Waals surface area contributed by atoms with E-state index in [1.165, 1.54) is 5.01 Å². The van der Waals surface area contributed by atoms with Crippen molar-refractivity contribution in [3.63, 3.8) is 0 Å². The first-order valence-electron chi connectivity index (χ1n) is 12.3. The summed E-state index contributed by atoms with van der Waals surface area (Å²) in [7, 11) is 0. The van der Waals surface area contributed by atoms with E-state index in [-0.39, 0.29) is 10.9 Å². The maximum atomic E-state index is 6.51. The van der Waals surface area contributed by atoms with Crippen LogP contribution in [-0.2, 0) is 4.74 Å². The number of hydrazine groups is 1. The molecule has 10 nitrogen and oxygen atoms in total. The van der Waals surface area contributed by atoms with Crippen LogP contribution in [0.15, 0.2) is 41.8 Å². The Morgan fingerprint density at radius 2 is 2.03 bits per heavy atom. The summed E-state index contributed by atoms with van der Waals surface area (Å²) in [6.45, 7) is 9.82. The summed E-state index contributed by atoms with van der Waals surface area (Å²) in [5.41, 5.74) is 1.57. The van der Waals surface area contributed by atoms with Gasteiger partial charge >= 0.3 is 0 Å². The molecule has 2 saturated heterocycles. The summed E-state index contributed by atoms with van der Waals surface area (Å²) < 4.78 is 6.34. The number of piperidine rings is 2. The maximum Gasteiger partial charge on any atom is 0.225 e. The molecule has 0 aromatic carbocycles. The predicted molar refractivity (Wildman–Crippen MR) is 143 cm³/mol. The molecule has 190 valence electrons. The second-order valence-corrected chi connectivity index (χ2v) is 10.0. The second kappa shape index (κ2) is 10.5. The minimum Gasteiger partial charge on any atom is -0.371 e. The monoisotopic (exact) mass is 509 g/mol. The minimum atomic E-state index is -0.200. The first-order valence-corrected chi connectivity index (χ1v) is 12.7. The Morgan fingerprint density at radius 1 is 1.19 bits per heavy atom. The number of hydrogen-bond acceptors (Lipinski definition) is 10. The molecule has 1 unspecified atom stereocenters. The zero-order valence-corrected chi connectivity index (χ0v) is 21.3. The molecule has 2 aromatic rings. The molecule has 36 heavy (non-hydrogen) atoms. The Morgan fingerprint density at radius 3 is 2.83 bits per heavy atom. The zero-order valence-electron chi connectivity index (χ0n) is 20.6. The zero-order chi connectivity index (χ0) is 25.1. The first-order chi connectivity index (χ1) is 17.4. The van der Waals surface area contributed by atoms with Gasteiger partial charge in [0.15, 0.2) is 5.82 Å². The van der Waals surface area contributed by atoms with Crippen LogP contribution in [0.25, 0.3) is 5.70 Å². The summed E-state index contributed by atoms with van der Waals surface area (Å²) in [5.74, 6) is 8.27. The van der Waals surface area contributed by atoms with Crippen LogP contribution in [0.1, 0.15) is 38.3 Å². The van der Waals surface area contributed by atoms with E-state index in [1.807, 2.05) is 6.07 Å². The minimum absolute atomic E-state index is 0.168. The summed E-state index contributed by atoms with van der Waals surface area (Å²) >= 11 is 6.19. The molecule has 0 radical (unpaired) electrons. The molecule has 6 heterocycles. The molecule has 4 aliphatic rings. The van der Waals surface area contributed by atoms with E-state index >= 15 is 0 Å². The highest BCUT2D eigenvalue weighted by atomic mass is 35.5. The van der Waals surface area contributed by atoms with Crippen molar-refractivity contribution < 1.29 is 4.74 Å². The number of fused-ring (bicyclic) bond motifs is 5. The van der Waals surface area contributed by atoms with Gasteiger partial charge in [0.1, 0.15) is 11.4 Å². The molecular formula is C25H32ClN9O. The summed E-state index contributed by atoms with van der Waals surface area (Å²) in [4.78, 5) is 26.6. The largest absolute Gasteiger partial charge is 0.371 e. The Kier molecular flexibility index (Phi) is 7.17. The average molecular weight is 510 g/mol. The SMILES string of the molecule is C=N/C1=C\N(N)c2cnc(Cl)nc2N2CCC(C)(CC2)OC/C=C\C2CCCN(C2)c2nccc1n2. The average Bonchev–Trinajstić information content (AvgIpc) is 2.90. The molecule has 4 aliphatic heterocycles. The van der Waals surface area contributed by atoms with Crippen molar-refractivity contribution in [1.29, 1.82) is 0 Å². The summed E-state index contributed by atoms with van der Waals surface area (Å²) in [6, 6.07) is 1.81. The van der Waals surface area contributed by atoms with Gasteiger partial charge in [0.25, 0.3) is 0 Å².